The van der Waals surface area contributed by atoms with E-state index in [0.717, 1.165) is 16.3 Å². The van der Waals surface area contributed by atoms with Crippen LogP contribution >= 0.6 is 0 Å². The molecule has 0 radical (unpaired) electrons. The first-order valence-electron chi connectivity index (χ1n) is 5.03. The van der Waals surface area contributed by atoms with Gasteiger partial charge in [0.15, 0.2) is 0 Å². The van der Waals surface area contributed by atoms with E-state index < -0.39 is 0 Å². The van der Waals surface area contributed by atoms with Crippen LogP contribution in [0.15, 0.2) is 42.7 Å². The van der Waals surface area contributed by atoms with Crippen LogP contribution in [0.1, 0.15) is 5.56 Å². The van der Waals surface area contributed by atoms with Crippen LogP contribution in [-0.4, -0.2) is 17.9 Å². The number of amides is 1. The second-order valence-corrected chi connectivity index (χ2v) is 3.43. The van der Waals surface area contributed by atoms with Gasteiger partial charge in [-0.3, -0.25) is 9.78 Å². The highest BCUT2D eigenvalue weighted by atomic mass is 16.1. The predicted molar refractivity (Wildman–Crippen MR) is 64.8 cm³/mol. The molecule has 80 valence electrons. The number of carbonyl (C=O) groups is 1. The lowest BCUT2D eigenvalue weighted by molar-refractivity contribution is -0.115. The highest BCUT2D eigenvalue weighted by Gasteiger charge is 1.94. The molecule has 16 heavy (non-hydrogen) atoms. The summed E-state index contributed by atoms with van der Waals surface area (Å²) in [6.07, 6.45) is 6.89. The summed E-state index contributed by atoms with van der Waals surface area (Å²) in [5.74, 6) is -0.102. The Hall–Kier alpha value is -2.16. The van der Waals surface area contributed by atoms with Gasteiger partial charge >= 0.3 is 0 Å². The number of fused-ring (bicyclic) bond motifs is 1. The molecule has 1 N–H and O–H groups in total. The lowest BCUT2D eigenvalue weighted by Gasteiger charge is -1.98. The van der Waals surface area contributed by atoms with Crippen molar-refractivity contribution in [3.05, 3.63) is 48.3 Å². The van der Waals surface area contributed by atoms with E-state index in [1.807, 2.05) is 30.5 Å². The van der Waals surface area contributed by atoms with Gasteiger partial charge < -0.3 is 5.32 Å². The van der Waals surface area contributed by atoms with Crippen molar-refractivity contribution in [2.75, 3.05) is 7.05 Å². The lowest BCUT2D eigenvalue weighted by atomic mass is 10.1. The summed E-state index contributed by atoms with van der Waals surface area (Å²) in [5.41, 5.74) is 1.00. The molecule has 2 rings (SSSR count). The Bertz CT molecular complexity index is 546. The molecule has 0 spiro atoms. The number of rotatable bonds is 2. The standard InChI is InChI=1S/C13H12N2O/c1-14-13(16)5-3-10-2-4-12-9-15-7-6-11(12)8-10/h2-9H,1H3,(H,14,16). The largest absolute Gasteiger partial charge is 0.356 e. The molecule has 0 aliphatic heterocycles. The van der Waals surface area contributed by atoms with Crippen LogP contribution < -0.4 is 5.32 Å². The Balaban J connectivity index is 2.33. The molecule has 1 heterocycles. The minimum absolute atomic E-state index is 0.102. The summed E-state index contributed by atoms with van der Waals surface area (Å²) >= 11 is 0. The minimum Gasteiger partial charge on any atom is -0.356 e. The van der Waals surface area contributed by atoms with Gasteiger partial charge in [0.25, 0.3) is 0 Å². The van der Waals surface area contributed by atoms with Crippen LogP contribution in [0, 0.1) is 0 Å². The Morgan fingerprint density at radius 1 is 1.31 bits per heavy atom. The molecule has 0 aliphatic rings. The van der Waals surface area contributed by atoms with Crippen LogP contribution in [0.5, 0.6) is 0 Å². The number of pyridine rings is 1. The number of likely N-dealkylation sites (N-methyl/N-ethyl adjacent to an activating group) is 1. The van der Waals surface area contributed by atoms with Crippen LogP contribution in [-0.2, 0) is 4.79 Å². The van der Waals surface area contributed by atoms with Crippen molar-refractivity contribution in [1.82, 2.24) is 10.3 Å². The molecule has 0 atom stereocenters. The minimum atomic E-state index is -0.102. The monoisotopic (exact) mass is 212 g/mol. The summed E-state index contributed by atoms with van der Waals surface area (Å²) in [6.45, 7) is 0. The molecule has 0 unspecified atom stereocenters. The molecule has 0 fully saturated rings. The van der Waals surface area contributed by atoms with E-state index in [1.165, 1.54) is 6.08 Å². The highest BCUT2D eigenvalue weighted by Crippen LogP contribution is 2.15. The second-order valence-electron chi connectivity index (χ2n) is 3.43. The van der Waals surface area contributed by atoms with Gasteiger partial charge in [-0.25, -0.2) is 0 Å². The molecule has 2 aromatic rings. The number of benzene rings is 1. The van der Waals surface area contributed by atoms with Crippen LogP contribution in [0.25, 0.3) is 16.8 Å². The van der Waals surface area contributed by atoms with Gasteiger partial charge in [-0.1, -0.05) is 12.1 Å². The van der Waals surface area contributed by atoms with E-state index >= 15 is 0 Å². The molecule has 3 nitrogen and oxygen atoms in total. The molecule has 1 aromatic carbocycles. The van der Waals surface area contributed by atoms with E-state index in [2.05, 4.69) is 10.3 Å². The van der Waals surface area contributed by atoms with E-state index in [0.29, 0.717) is 0 Å². The summed E-state index contributed by atoms with van der Waals surface area (Å²) in [6, 6.07) is 7.93. The second kappa shape index (κ2) is 4.57. The van der Waals surface area contributed by atoms with Gasteiger partial charge in [0.2, 0.25) is 5.91 Å². The van der Waals surface area contributed by atoms with Crippen molar-refractivity contribution in [1.29, 1.82) is 0 Å². The maximum atomic E-state index is 11.0. The van der Waals surface area contributed by atoms with Crippen molar-refractivity contribution in [2.24, 2.45) is 0 Å². The summed E-state index contributed by atoms with van der Waals surface area (Å²) in [4.78, 5) is 15.1. The zero-order valence-electron chi connectivity index (χ0n) is 8.97. The van der Waals surface area contributed by atoms with Gasteiger partial charge in [-0.2, -0.15) is 0 Å². The number of nitrogens with zero attached hydrogens (tertiary/aromatic N) is 1. The Morgan fingerprint density at radius 3 is 3.00 bits per heavy atom. The van der Waals surface area contributed by atoms with Crippen molar-refractivity contribution >= 4 is 22.8 Å². The van der Waals surface area contributed by atoms with Gasteiger partial charge in [0, 0.05) is 30.9 Å². The molecule has 1 amide bonds. The first kappa shape index (κ1) is 10.4. The first-order valence-corrected chi connectivity index (χ1v) is 5.03. The first-order chi connectivity index (χ1) is 7.79. The Morgan fingerprint density at radius 2 is 2.19 bits per heavy atom. The molecular weight excluding hydrogens is 200 g/mol. The lowest BCUT2D eigenvalue weighted by Crippen LogP contribution is -2.13. The summed E-state index contributed by atoms with van der Waals surface area (Å²) in [5, 5.41) is 4.75. The normalized spacial score (nSPS) is 10.8. The van der Waals surface area contributed by atoms with E-state index in [-0.39, 0.29) is 5.91 Å². The third kappa shape index (κ3) is 2.25. The zero-order chi connectivity index (χ0) is 11.4. The molecule has 0 saturated carbocycles. The highest BCUT2D eigenvalue weighted by molar-refractivity contribution is 5.92. The third-order valence-electron chi connectivity index (χ3n) is 2.34. The smallest absolute Gasteiger partial charge is 0.243 e. The zero-order valence-corrected chi connectivity index (χ0v) is 8.97. The van der Waals surface area contributed by atoms with E-state index in [4.69, 9.17) is 0 Å². The number of carbonyl (C=O) groups excluding carboxylic acids is 1. The van der Waals surface area contributed by atoms with Crippen molar-refractivity contribution in [3.63, 3.8) is 0 Å². The van der Waals surface area contributed by atoms with Crippen LogP contribution in [0.2, 0.25) is 0 Å². The van der Waals surface area contributed by atoms with Gasteiger partial charge in [-0.05, 0) is 29.2 Å². The predicted octanol–water partition coefficient (Wildman–Crippen LogP) is 1.99. The average molecular weight is 212 g/mol. The maximum absolute atomic E-state index is 11.0. The van der Waals surface area contributed by atoms with Crippen molar-refractivity contribution < 1.29 is 4.79 Å². The maximum Gasteiger partial charge on any atom is 0.243 e. The van der Waals surface area contributed by atoms with E-state index in [9.17, 15) is 4.79 Å². The quantitative estimate of drug-likeness (QED) is 0.773. The van der Waals surface area contributed by atoms with Gasteiger partial charge in [-0.15, -0.1) is 0 Å². The van der Waals surface area contributed by atoms with E-state index in [1.54, 1.807) is 19.3 Å². The summed E-state index contributed by atoms with van der Waals surface area (Å²) in [7, 11) is 1.61. The molecule has 0 saturated heterocycles. The van der Waals surface area contributed by atoms with Crippen LogP contribution in [0.4, 0.5) is 0 Å². The molecule has 0 aliphatic carbocycles. The van der Waals surface area contributed by atoms with Gasteiger partial charge in [0.05, 0.1) is 0 Å². The number of hydrogen-bond acceptors (Lipinski definition) is 2. The fourth-order valence-corrected chi connectivity index (χ4v) is 1.46. The number of hydrogen-bond donors (Lipinski definition) is 1. The third-order valence-corrected chi connectivity index (χ3v) is 2.34. The topological polar surface area (TPSA) is 42.0 Å². The van der Waals surface area contributed by atoms with Gasteiger partial charge in [0.1, 0.15) is 0 Å². The fourth-order valence-electron chi connectivity index (χ4n) is 1.46. The Labute approximate surface area is 93.8 Å². The van der Waals surface area contributed by atoms with Crippen molar-refractivity contribution in [3.8, 4) is 0 Å². The SMILES string of the molecule is CNC(=O)C=Cc1ccc2cnccc2c1. The average Bonchev–Trinajstić information content (AvgIpc) is 2.35. The molecular formula is C13H12N2O. The Kier molecular flexibility index (Phi) is 2.96. The molecule has 3 heteroatoms. The number of nitrogens with one attached hydrogen (secondary N) is 1. The summed E-state index contributed by atoms with van der Waals surface area (Å²) < 4.78 is 0. The van der Waals surface area contributed by atoms with Crippen LogP contribution in [0.3, 0.4) is 0 Å². The molecule has 0 bridgehead atoms. The fraction of sp³-hybridized carbons (Fsp3) is 0.0769. The number of aromatic nitrogens is 1. The molecule has 1 aromatic heterocycles. The van der Waals surface area contributed by atoms with Crippen molar-refractivity contribution in [2.45, 2.75) is 0 Å².